The Balaban J connectivity index is 1.97. The van der Waals surface area contributed by atoms with E-state index in [4.69, 9.17) is 11.6 Å². The van der Waals surface area contributed by atoms with Crippen molar-refractivity contribution in [1.82, 2.24) is 10.3 Å². The van der Waals surface area contributed by atoms with Crippen molar-refractivity contribution in [3.05, 3.63) is 52.2 Å². The van der Waals surface area contributed by atoms with Crippen molar-refractivity contribution in [2.24, 2.45) is 0 Å². The highest BCUT2D eigenvalue weighted by molar-refractivity contribution is 6.35. The molecule has 1 aromatic heterocycles. The monoisotopic (exact) mass is 314 g/mol. The van der Waals surface area contributed by atoms with Crippen LogP contribution < -0.4 is 16.0 Å². The van der Waals surface area contributed by atoms with Gasteiger partial charge in [0.25, 0.3) is 11.8 Å². The quantitative estimate of drug-likeness (QED) is 0.694. The van der Waals surface area contributed by atoms with E-state index in [-0.39, 0.29) is 11.8 Å². The molecule has 1 aromatic carbocycles. The highest BCUT2D eigenvalue weighted by Gasteiger charge is 2.53. The number of amides is 2. The van der Waals surface area contributed by atoms with Gasteiger partial charge in [-0.2, -0.15) is 0 Å². The summed E-state index contributed by atoms with van der Waals surface area (Å²) in [5.41, 5.74) is 0.982. The van der Waals surface area contributed by atoms with Gasteiger partial charge in [-0.05, 0) is 30.7 Å². The zero-order valence-corrected chi connectivity index (χ0v) is 12.3. The molecule has 0 unspecified atom stereocenters. The van der Waals surface area contributed by atoms with Gasteiger partial charge in [0.2, 0.25) is 5.66 Å². The number of carbonyl (C=O) groups is 2. The van der Waals surface area contributed by atoms with E-state index < -0.39 is 5.66 Å². The Morgan fingerprint density at radius 1 is 1.18 bits per heavy atom. The van der Waals surface area contributed by atoms with E-state index >= 15 is 0 Å². The average Bonchev–Trinajstić information content (AvgIpc) is 2.77. The summed E-state index contributed by atoms with van der Waals surface area (Å²) in [5, 5.41) is 8.99. The maximum atomic E-state index is 12.6. The van der Waals surface area contributed by atoms with E-state index in [1.54, 1.807) is 24.4 Å². The summed E-state index contributed by atoms with van der Waals surface area (Å²) >= 11 is 6.18. The normalized spacial score (nSPS) is 21.7. The molecule has 2 aliphatic heterocycles. The molecule has 6 nitrogen and oxygen atoms in total. The number of anilines is 2. The molecule has 0 radical (unpaired) electrons. The van der Waals surface area contributed by atoms with Crippen LogP contribution in [0, 0.1) is 6.92 Å². The molecule has 2 aliphatic rings. The van der Waals surface area contributed by atoms with Gasteiger partial charge in [0, 0.05) is 11.8 Å². The van der Waals surface area contributed by atoms with Crippen molar-refractivity contribution in [2.75, 3.05) is 10.6 Å². The van der Waals surface area contributed by atoms with E-state index in [9.17, 15) is 9.59 Å². The highest BCUT2D eigenvalue weighted by atomic mass is 35.5. The maximum Gasteiger partial charge on any atom is 0.276 e. The number of carbonyl (C=O) groups excluding carboxylic acids is 2. The number of aryl methyl sites for hydroxylation is 1. The smallest absolute Gasteiger partial charge is 0.276 e. The molecule has 1 atom stereocenters. The number of hydrogen-bond acceptors (Lipinski definition) is 4. The first-order valence-electron chi connectivity index (χ1n) is 6.70. The first kappa shape index (κ1) is 13.1. The molecular weight excluding hydrogens is 304 g/mol. The summed E-state index contributed by atoms with van der Waals surface area (Å²) in [4.78, 5) is 29.2. The van der Waals surface area contributed by atoms with Gasteiger partial charge in [-0.15, -0.1) is 0 Å². The molecule has 22 heavy (non-hydrogen) atoms. The molecular formula is C15H11ClN4O2. The Labute approximate surface area is 130 Å². The fourth-order valence-corrected chi connectivity index (χ4v) is 3.19. The maximum absolute atomic E-state index is 12.6. The lowest BCUT2D eigenvalue weighted by Gasteiger charge is -2.35. The van der Waals surface area contributed by atoms with Gasteiger partial charge in [0.1, 0.15) is 5.82 Å². The highest BCUT2D eigenvalue weighted by Crippen LogP contribution is 2.44. The third kappa shape index (κ3) is 1.52. The minimum atomic E-state index is -1.39. The molecule has 3 N–H and O–H groups in total. The lowest BCUT2D eigenvalue weighted by Crippen LogP contribution is -2.59. The van der Waals surface area contributed by atoms with Crippen molar-refractivity contribution in [3.63, 3.8) is 0 Å². The second kappa shape index (κ2) is 4.20. The number of rotatable bonds is 0. The molecule has 0 aliphatic carbocycles. The second-order valence-corrected chi connectivity index (χ2v) is 5.70. The minimum absolute atomic E-state index is 0.357. The van der Waals surface area contributed by atoms with Crippen LogP contribution in [0.2, 0.25) is 5.02 Å². The molecule has 3 heterocycles. The number of nitrogens with one attached hydrogen (secondary N) is 3. The molecule has 2 aromatic rings. The Kier molecular flexibility index (Phi) is 2.50. The molecule has 7 heteroatoms. The first-order chi connectivity index (χ1) is 10.5. The van der Waals surface area contributed by atoms with Gasteiger partial charge < -0.3 is 16.0 Å². The standard InChI is InChI=1S/C15H11ClN4O2/c1-7-4-5-9(16)11-10(7)15(14(22)18-11)19-12-8(13(21)20-15)3-2-6-17-12/h2-6H,1H3,(H,17,19)(H,18,22)(H,20,21)/t15-/m1/s1. The number of fused-ring (bicyclic) bond motifs is 3. The topological polar surface area (TPSA) is 83.1 Å². The molecule has 4 rings (SSSR count). The van der Waals surface area contributed by atoms with E-state index in [0.29, 0.717) is 27.7 Å². The predicted octanol–water partition coefficient (Wildman–Crippen LogP) is 2.00. The third-order valence-electron chi connectivity index (χ3n) is 3.98. The summed E-state index contributed by atoms with van der Waals surface area (Å²) in [5.74, 6) is -0.374. The summed E-state index contributed by atoms with van der Waals surface area (Å²) in [6.07, 6.45) is 1.57. The van der Waals surface area contributed by atoms with Crippen LogP contribution >= 0.6 is 11.6 Å². The SMILES string of the molecule is Cc1ccc(Cl)c2c1[C@@]1(NC(=O)c3cccnc3N1)C(=O)N2. The summed E-state index contributed by atoms with van der Waals surface area (Å²) in [7, 11) is 0. The second-order valence-electron chi connectivity index (χ2n) is 5.30. The zero-order valence-electron chi connectivity index (χ0n) is 11.5. The van der Waals surface area contributed by atoms with Gasteiger partial charge in [0.05, 0.1) is 16.3 Å². The molecule has 2 amide bonds. The molecule has 0 fully saturated rings. The summed E-state index contributed by atoms with van der Waals surface area (Å²) in [6, 6.07) is 6.84. The van der Waals surface area contributed by atoms with Crippen LogP contribution in [0.15, 0.2) is 30.5 Å². The predicted molar refractivity (Wildman–Crippen MR) is 81.8 cm³/mol. The third-order valence-corrected chi connectivity index (χ3v) is 4.29. The molecule has 1 spiro atoms. The fraction of sp³-hybridized carbons (Fsp3) is 0.133. The van der Waals surface area contributed by atoms with Gasteiger partial charge in [-0.25, -0.2) is 4.98 Å². The number of aromatic nitrogens is 1. The van der Waals surface area contributed by atoms with Crippen LogP contribution in [0.1, 0.15) is 21.5 Å². The Hall–Kier alpha value is -2.60. The van der Waals surface area contributed by atoms with Crippen LogP contribution in [0.25, 0.3) is 0 Å². The largest absolute Gasteiger partial charge is 0.335 e. The number of hydrogen-bond donors (Lipinski definition) is 3. The average molecular weight is 315 g/mol. The van der Waals surface area contributed by atoms with E-state index in [1.165, 1.54) is 0 Å². The number of pyridine rings is 1. The molecule has 110 valence electrons. The van der Waals surface area contributed by atoms with Crippen molar-refractivity contribution in [3.8, 4) is 0 Å². The van der Waals surface area contributed by atoms with Gasteiger partial charge in [0.15, 0.2) is 0 Å². The first-order valence-corrected chi connectivity index (χ1v) is 7.07. The number of halogens is 1. The van der Waals surface area contributed by atoms with Gasteiger partial charge in [-0.1, -0.05) is 17.7 Å². The van der Waals surface area contributed by atoms with E-state index in [2.05, 4.69) is 20.9 Å². The van der Waals surface area contributed by atoms with E-state index in [0.717, 1.165) is 5.56 Å². The van der Waals surface area contributed by atoms with Crippen molar-refractivity contribution in [2.45, 2.75) is 12.6 Å². The van der Waals surface area contributed by atoms with Crippen LogP contribution in [-0.2, 0) is 10.5 Å². The van der Waals surface area contributed by atoms with Crippen LogP contribution in [0.5, 0.6) is 0 Å². The summed E-state index contributed by atoms with van der Waals surface area (Å²) in [6.45, 7) is 1.86. The molecule has 0 saturated carbocycles. The minimum Gasteiger partial charge on any atom is -0.335 e. The molecule has 0 bridgehead atoms. The van der Waals surface area contributed by atoms with Crippen molar-refractivity contribution < 1.29 is 9.59 Å². The Morgan fingerprint density at radius 2 is 2.00 bits per heavy atom. The van der Waals surface area contributed by atoms with Gasteiger partial charge >= 0.3 is 0 Å². The number of nitrogens with zero attached hydrogens (tertiary/aromatic N) is 1. The Bertz CT molecular complexity index is 851. The zero-order chi connectivity index (χ0) is 15.5. The van der Waals surface area contributed by atoms with Crippen molar-refractivity contribution >= 4 is 34.9 Å². The van der Waals surface area contributed by atoms with Crippen LogP contribution in [0.3, 0.4) is 0 Å². The van der Waals surface area contributed by atoms with Gasteiger partial charge in [-0.3, -0.25) is 9.59 Å². The Morgan fingerprint density at radius 3 is 2.82 bits per heavy atom. The summed E-state index contributed by atoms with van der Waals surface area (Å²) < 4.78 is 0. The molecule has 0 saturated heterocycles. The fourth-order valence-electron chi connectivity index (χ4n) is 2.98. The lowest BCUT2D eigenvalue weighted by molar-refractivity contribution is -0.120. The van der Waals surface area contributed by atoms with Crippen LogP contribution in [-0.4, -0.2) is 16.8 Å². The lowest BCUT2D eigenvalue weighted by atomic mass is 9.93. The van der Waals surface area contributed by atoms with Crippen molar-refractivity contribution in [1.29, 1.82) is 0 Å². The number of benzene rings is 1. The van der Waals surface area contributed by atoms with E-state index in [1.807, 2.05) is 13.0 Å². The van der Waals surface area contributed by atoms with Crippen LogP contribution in [0.4, 0.5) is 11.5 Å².